The van der Waals surface area contributed by atoms with Gasteiger partial charge < -0.3 is 10.4 Å². The number of nitrogens with zero attached hydrogens (tertiary/aromatic N) is 3. The molecule has 2 amide bonds. The van der Waals surface area contributed by atoms with Crippen LogP contribution < -0.4 is 10.6 Å². The van der Waals surface area contributed by atoms with Gasteiger partial charge in [-0.1, -0.05) is 0 Å². The molecule has 0 aliphatic heterocycles. The number of halogens is 1. The summed E-state index contributed by atoms with van der Waals surface area (Å²) in [5.74, 6) is -0.722. The van der Waals surface area contributed by atoms with Crippen LogP contribution >= 0.6 is 15.9 Å². The van der Waals surface area contributed by atoms with Crippen molar-refractivity contribution in [1.82, 2.24) is 19.9 Å². The molecule has 0 atom stereocenters. The van der Waals surface area contributed by atoms with Crippen molar-refractivity contribution >= 4 is 39.5 Å². The van der Waals surface area contributed by atoms with Crippen LogP contribution in [0.1, 0.15) is 25.7 Å². The molecule has 23 heavy (non-hydrogen) atoms. The van der Waals surface area contributed by atoms with E-state index >= 15 is 0 Å². The Hall–Kier alpha value is -2.16. The highest BCUT2D eigenvalue weighted by Gasteiger charge is 2.26. The SMILES string of the molecule is O=C(Nc1nnc2ccc(Br)cn12)NC1CCC(C(=O)O)CC1. The smallest absolute Gasteiger partial charge is 0.321 e. The molecule has 3 N–H and O–H groups in total. The van der Waals surface area contributed by atoms with E-state index in [-0.39, 0.29) is 18.0 Å². The first-order chi connectivity index (χ1) is 11.0. The average Bonchev–Trinajstić information content (AvgIpc) is 2.90. The molecule has 0 unspecified atom stereocenters. The Labute approximate surface area is 140 Å². The summed E-state index contributed by atoms with van der Waals surface area (Å²) in [6.07, 6.45) is 4.26. The highest BCUT2D eigenvalue weighted by molar-refractivity contribution is 9.10. The largest absolute Gasteiger partial charge is 0.481 e. The molecule has 0 saturated heterocycles. The standard InChI is InChI=1S/C14H16BrN5O3/c15-9-3-6-11-18-19-13(20(11)7-9)17-14(23)16-10-4-1-8(2-5-10)12(21)22/h3,6-8,10H,1-2,4-5H2,(H,21,22)(H2,16,17,19,23). The van der Waals surface area contributed by atoms with Crippen molar-refractivity contribution in [3.05, 3.63) is 22.8 Å². The van der Waals surface area contributed by atoms with Crippen molar-refractivity contribution in [3.8, 4) is 0 Å². The third-order valence-corrected chi connectivity index (χ3v) is 4.47. The number of aliphatic carboxylic acids is 1. The molecule has 2 heterocycles. The van der Waals surface area contributed by atoms with Crippen LogP contribution in [0.25, 0.3) is 5.65 Å². The lowest BCUT2D eigenvalue weighted by Gasteiger charge is -2.26. The van der Waals surface area contributed by atoms with E-state index < -0.39 is 5.97 Å². The van der Waals surface area contributed by atoms with Gasteiger partial charge in [-0.3, -0.25) is 14.5 Å². The Bertz CT molecular complexity index is 739. The number of carbonyl (C=O) groups excluding carboxylic acids is 1. The molecule has 1 aliphatic carbocycles. The van der Waals surface area contributed by atoms with Crippen molar-refractivity contribution in [3.63, 3.8) is 0 Å². The van der Waals surface area contributed by atoms with E-state index in [0.717, 1.165) is 4.47 Å². The number of carbonyl (C=O) groups is 2. The molecule has 3 rings (SSSR count). The number of hydrogen-bond acceptors (Lipinski definition) is 4. The summed E-state index contributed by atoms with van der Waals surface area (Å²) in [5.41, 5.74) is 0.630. The fraction of sp³-hybridized carbons (Fsp3) is 0.429. The molecule has 2 aromatic rings. The molecule has 1 aliphatic rings. The Kier molecular flexibility index (Phi) is 4.46. The minimum Gasteiger partial charge on any atom is -0.481 e. The first-order valence-corrected chi connectivity index (χ1v) is 8.13. The summed E-state index contributed by atoms with van der Waals surface area (Å²) in [6.45, 7) is 0. The van der Waals surface area contributed by atoms with Gasteiger partial charge in [0.2, 0.25) is 5.95 Å². The number of nitrogens with one attached hydrogen (secondary N) is 2. The summed E-state index contributed by atoms with van der Waals surface area (Å²) in [6, 6.07) is 3.25. The molecule has 0 bridgehead atoms. The van der Waals surface area contributed by atoms with Crippen LogP contribution in [-0.4, -0.2) is 37.7 Å². The van der Waals surface area contributed by atoms with Gasteiger partial charge in [-0.15, -0.1) is 10.2 Å². The Morgan fingerprint density at radius 3 is 2.65 bits per heavy atom. The molecule has 0 aromatic carbocycles. The molecule has 9 heteroatoms. The van der Waals surface area contributed by atoms with E-state index in [9.17, 15) is 9.59 Å². The number of fused-ring (bicyclic) bond motifs is 1. The number of carboxylic acid groups (broad SMARTS) is 1. The molecule has 0 radical (unpaired) electrons. The molecular formula is C14H16BrN5O3. The molecule has 8 nitrogen and oxygen atoms in total. The van der Waals surface area contributed by atoms with Crippen LogP contribution in [0.4, 0.5) is 10.7 Å². The van der Waals surface area contributed by atoms with Crippen LogP contribution in [0.3, 0.4) is 0 Å². The van der Waals surface area contributed by atoms with E-state index in [4.69, 9.17) is 5.11 Å². The summed E-state index contributed by atoms with van der Waals surface area (Å²) in [5, 5.41) is 22.4. The van der Waals surface area contributed by atoms with Gasteiger partial charge in [-0.2, -0.15) is 0 Å². The van der Waals surface area contributed by atoms with Crippen LogP contribution in [0.5, 0.6) is 0 Å². The van der Waals surface area contributed by atoms with Gasteiger partial charge in [-0.25, -0.2) is 4.79 Å². The maximum atomic E-state index is 12.1. The van der Waals surface area contributed by atoms with Crippen LogP contribution in [0.15, 0.2) is 22.8 Å². The molecule has 1 saturated carbocycles. The second-order valence-electron chi connectivity index (χ2n) is 5.58. The second kappa shape index (κ2) is 6.53. The van der Waals surface area contributed by atoms with Gasteiger partial charge in [0, 0.05) is 16.7 Å². The normalized spacial score (nSPS) is 21.1. The Morgan fingerprint density at radius 1 is 1.22 bits per heavy atom. The predicted molar refractivity (Wildman–Crippen MR) is 86.2 cm³/mol. The van der Waals surface area contributed by atoms with Crippen molar-refractivity contribution in [2.75, 3.05) is 5.32 Å². The zero-order chi connectivity index (χ0) is 16.4. The van der Waals surface area contributed by atoms with Gasteiger partial charge in [0.15, 0.2) is 5.65 Å². The minimum atomic E-state index is -0.756. The molecule has 0 spiro atoms. The number of pyridine rings is 1. The van der Waals surface area contributed by atoms with Gasteiger partial charge in [0.05, 0.1) is 5.92 Å². The van der Waals surface area contributed by atoms with Crippen molar-refractivity contribution in [2.24, 2.45) is 5.92 Å². The quantitative estimate of drug-likeness (QED) is 0.755. The Balaban J connectivity index is 1.59. The number of hydrogen-bond donors (Lipinski definition) is 3. The van der Waals surface area contributed by atoms with Gasteiger partial charge in [-0.05, 0) is 53.7 Å². The lowest BCUT2D eigenvalue weighted by Crippen LogP contribution is -2.41. The van der Waals surface area contributed by atoms with Crippen molar-refractivity contribution in [1.29, 1.82) is 0 Å². The lowest BCUT2D eigenvalue weighted by atomic mass is 9.86. The molecule has 1 fully saturated rings. The first-order valence-electron chi connectivity index (χ1n) is 7.33. The number of urea groups is 1. The van der Waals surface area contributed by atoms with Crippen LogP contribution in [0, 0.1) is 5.92 Å². The fourth-order valence-corrected chi connectivity index (χ4v) is 3.09. The van der Waals surface area contributed by atoms with Gasteiger partial charge in [0.25, 0.3) is 0 Å². The number of anilines is 1. The highest BCUT2D eigenvalue weighted by Crippen LogP contribution is 2.24. The van der Waals surface area contributed by atoms with Gasteiger partial charge in [0.1, 0.15) is 0 Å². The van der Waals surface area contributed by atoms with Crippen LogP contribution in [0.2, 0.25) is 0 Å². The van der Waals surface area contributed by atoms with E-state index in [0.29, 0.717) is 37.3 Å². The summed E-state index contributed by atoms with van der Waals surface area (Å²) < 4.78 is 2.52. The van der Waals surface area contributed by atoms with E-state index in [1.54, 1.807) is 16.7 Å². The average molecular weight is 382 g/mol. The molecule has 2 aromatic heterocycles. The summed E-state index contributed by atoms with van der Waals surface area (Å²) in [4.78, 5) is 23.0. The third kappa shape index (κ3) is 3.61. The van der Waals surface area contributed by atoms with E-state index in [1.807, 2.05) is 6.07 Å². The zero-order valence-electron chi connectivity index (χ0n) is 12.2. The topological polar surface area (TPSA) is 109 Å². The second-order valence-corrected chi connectivity index (χ2v) is 6.50. The highest BCUT2D eigenvalue weighted by atomic mass is 79.9. The van der Waals surface area contributed by atoms with Crippen molar-refractivity contribution < 1.29 is 14.7 Å². The minimum absolute atomic E-state index is 0.0171. The number of rotatable bonds is 3. The number of amides is 2. The number of aromatic nitrogens is 3. The monoisotopic (exact) mass is 381 g/mol. The summed E-state index contributed by atoms with van der Waals surface area (Å²) >= 11 is 3.36. The lowest BCUT2D eigenvalue weighted by molar-refractivity contribution is -0.142. The fourth-order valence-electron chi connectivity index (χ4n) is 2.76. The maximum absolute atomic E-state index is 12.1. The molecular weight excluding hydrogens is 366 g/mol. The van der Waals surface area contributed by atoms with E-state index in [1.165, 1.54) is 0 Å². The van der Waals surface area contributed by atoms with Gasteiger partial charge >= 0.3 is 12.0 Å². The van der Waals surface area contributed by atoms with E-state index in [2.05, 4.69) is 36.8 Å². The Morgan fingerprint density at radius 2 is 1.96 bits per heavy atom. The predicted octanol–water partition coefficient (Wildman–Crippen LogP) is 2.26. The first kappa shape index (κ1) is 15.7. The maximum Gasteiger partial charge on any atom is 0.321 e. The number of carboxylic acids is 1. The molecule has 122 valence electrons. The summed E-state index contributed by atoms with van der Waals surface area (Å²) in [7, 11) is 0. The van der Waals surface area contributed by atoms with Crippen molar-refractivity contribution in [2.45, 2.75) is 31.7 Å². The zero-order valence-corrected chi connectivity index (χ0v) is 13.8. The third-order valence-electron chi connectivity index (χ3n) is 4.00. The van der Waals surface area contributed by atoms with Crippen LogP contribution in [-0.2, 0) is 4.79 Å².